The Labute approximate surface area is 158 Å². The zero-order valence-electron chi connectivity index (χ0n) is 15.1. The predicted molar refractivity (Wildman–Crippen MR) is 102 cm³/mol. The second-order valence-electron chi connectivity index (χ2n) is 6.00. The molecule has 0 aliphatic heterocycles. The fourth-order valence-electron chi connectivity index (χ4n) is 2.29. The van der Waals surface area contributed by atoms with E-state index >= 15 is 0 Å². The van der Waals surface area contributed by atoms with Crippen LogP contribution in [0, 0.1) is 10.1 Å². The molecule has 1 atom stereocenters. The lowest BCUT2D eigenvalue weighted by Crippen LogP contribution is -2.24. The number of hydrogen-bond donors (Lipinski definition) is 1. The summed E-state index contributed by atoms with van der Waals surface area (Å²) in [7, 11) is 1.58. The Kier molecular flexibility index (Phi) is 7.24. The van der Waals surface area contributed by atoms with Crippen molar-refractivity contribution in [2.24, 2.45) is 0 Å². The lowest BCUT2D eigenvalue weighted by atomic mass is 10.1. The van der Waals surface area contributed by atoms with E-state index in [1.54, 1.807) is 25.3 Å². The lowest BCUT2D eigenvalue weighted by molar-refractivity contribution is -0.384. The van der Waals surface area contributed by atoms with Crippen LogP contribution in [0.4, 0.5) is 5.69 Å². The molecule has 7 heteroatoms. The van der Waals surface area contributed by atoms with E-state index in [1.165, 1.54) is 12.1 Å². The fraction of sp³-hybridized carbons (Fsp3) is 0.368. The number of hydrogen-bond acceptors (Lipinski definition) is 5. The second kappa shape index (κ2) is 9.40. The molecular weight excluding hydrogens is 356 g/mol. The largest absolute Gasteiger partial charge is 0.493 e. The van der Waals surface area contributed by atoms with Crippen molar-refractivity contribution in [3.8, 4) is 11.5 Å². The number of nitro groups is 1. The summed E-state index contributed by atoms with van der Waals surface area (Å²) in [5.74, 6) is 1.13. The molecule has 0 fully saturated rings. The predicted octanol–water partition coefficient (Wildman–Crippen LogP) is 4.72. The van der Waals surface area contributed by atoms with Crippen molar-refractivity contribution in [3.05, 3.63) is 62.7 Å². The zero-order valence-corrected chi connectivity index (χ0v) is 15.9. The number of nitrogens with zero attached hydrogens (tertiary/aromatic N) is 1. The number of rotatable bonds is 9. The van der Waals surface area contributed by atoms with Crippen LogP contribution in [0.1, 0.15) is 31.4 Å². The van der Waals surface area contributed by atoms with Gasteiger partial charge >= 0.3 is 0 Å². The van der Waals surface area contributed by atoms with Gasteiger partial charge in [0.15, 0.2) is 11.5 Å². The highest BCUT2D eigenvalue weighted by atomic mass is 35.5. The van der Waals surface area contributed by atoms with Gasteiger partial charge in [0.25, 0.3) is 5.69 Å². The van der Waals surface area contributed by atoms with Crippen LogP contribution in [-0.2, 0) is 13.2 Å². The summed E-state index contributed by atoms with van der Waals surface area (Å²) in [6.07, 6.45) is 1.03. The third kappa shape index (κ3) is 5.34. The smallest absolute Gasteiger partial charge is 0.269 e. The molecule has 2 aromatic rings. The minimum Gasteiger partial charge on any atom is -0.493 e. The first kappa shape index (κ1) is 20.0. The molecule has 140 valence electrons. The van der Waals surface area contributed by atoms with E-state index in [9.17, 15) is 10.1 Å². The van der Waals surface area contributed by atoms with Crippen LogP contribution in [0.5, 0.6) is 11.5 Å². The molecule has 2 aromatic carbocycles. The minimum absolute atomic E-state index is 0.0486. The SMILES string of the molecule is CCC(C)NCc1cc(OC)c(OCc2ccc([N+](=O)[O-])cc2)cc1Cl. The molecule has 1 N–H and O–H groups in total. The highest BCUT2D eigenvalue weighted by Crippen LogP contribution is 2.34. The van der Waals surface area contributed by atoms with Gasteiger partial charge in [-0.2, -0.15) is 0 Å². The van der Waals surface area contributed by atoms with Crippen molar-refractivity contribution in [2.45, 2.75) is 39.5 Å². The van der Waals surface area contributed by atoms with Gasteiger partial charge in [-0.1, -0.05) is 18.5 Å². The summed E-state index contributed by atoms with van der Waals surface area (Å²) >= 11 is 6.37. The molecule has 0 aliphatic carbocycles. The van der Waals surface area contributed by atoms with E-state index in [0.29, 0.717) is 29.1 Å². The van der Waals surface area contributed by atoms with Crippen molar-refractivity contribution in [2.75, 3.05) is 7.11 Å². The molecule has 0 radical (unpaired) electrons. The number of nitrogens with one attached hydrogen (secondary N) is 1. The Hall–Kier alpha value is -2.31. The first-order valence-electron chi connectivity index (χ1n) is 8.40. The normalized spacial score (nSPS) is 11.8. The molecule has 0 heterocycles. The molecule has 0 saturated carbocycles. The average molecular weight is 379 g/mol. The van der Waals surface area contributed by atoms with Crippen LogP contribution >= 0.6 is 11.6 Å². The number of nitro benzene ring substituents is 1. The van der Waals surface area contributed by atoms with Gasteiger partial charge in [0, 0.05) is 35.8 Å². The number of benzene rings is 2. The second-order valence-corrected chi connectivity index (χ2v) is 6.40. The summed E-state index contributed by atoms with van der Waals surface area (Å²) in [5.41, 5.74) is 1.80. The van der Waals surface area contributed by atoms with Crippen molar-refractivity contribution in [1.29, 1.82) is 0 Å². The average Bonchev–Trinajstić information content (AvgIpc) is 2.65. The summed E-state index contributed by atoms with van der Waals surface area (Å²) < 4.78 is 11.2. The molecule has 0 aromatic heterocycles. The Balaban J connectivity index is 2.08. The van der Waals surface area contributed by atoms with Crippen LogP contribution in [0.15, 0.2) is 36.4 Å². The molecule has 1 unspecified atom stereocenters. The third-order valence-corrected chi connectivity index (χ3v) is 4.48. The van der Waals surface area contributed by atoms with Gasteiger partial charge in [-0.3, -0.25) is 10.1 Å². The highest BCUT2D eigenvalue weighted by Gasteiger charge is 2.12. The molecule has 0 saturated heterocycles. The highest BCUT2D eigenvalue weighted by molar-refractivity contribution is 6.31. The van der Waals surface area contributed by atoms with Gasteiger partial charge in [-0.05, 0) is 42.7 Å². The van der Waals surface area contributed by atoms with Gasteiger partial charge in [0.05, 0.1) is 12.0 Å². The number of non-ortho nitro benzene ring substituents is 1. The quantitative estimate of drug-likeness (QED) is 0.504. The zero-order chi connectivity index (χ0) is 19.1. The van der Waals surface area contributed by atoms with Gasteiger partial charge in [0.2, 0.25) is 0 Å². The standard InChI is InChI=1S/C19H23ClN2O4/c1-4-13(2)21-11-15-9-18(25-3)19(10-17(15)20)26-12-14-5-7-16(8-6-14)22(23)24/h5-10,13,21H,4,11-12H2,1-3H3. The molecular formula is C19H23ClN2O4. The summed E-state index contributed by atoms with van der Waals surface area (Å²) in [4.78, 5) is 10.3. The summed E-state index contributed by atoms with van der Waals surface area (Å²) in [6.45, 7) is 5.14. The van der Waals surface area contributed by atoms with Crippen LogP contribution in [0.2, 0.25) is 5.02 Å². The number of ether oxygens (including phenoxy) is 2. The van der Waals surface area contributed by atoms with E-state index < -0.39 is 4.92 Å². The van der Waals surface area contributed by atoms with Crippen molar-refractivity contribution >= 4 is 17.3 Å². The van der Waals surface area contributed by atoms with E-state index in [2.05, 4.69) is 19.2 Å². The van der Waals surface area contributed by atoms with Crippen molar-refractivity contribution in [1.82, 2.24) is 5.32 Å². The summed E-state index contributed by atoms with van der Waals surface area (Å²) in [5, 5.41) is 14.7. The molecule has 0 bridgehead atoms. The number of methoxy groups -OCH3 is 1. The van der Waals surface area contributed by atoms with Crippen LogP contribution < -0.4 is 14.8 Å². The van der Waals surface area contributed by atoms with Gasteiger partial charge < -0.3 is 14.8 Å². The Morgan fingerprint density at radius 2 is 1.92 bits per heavy atom. The first-order chi connectivity index (χ1) is 12.4. The van der Waals surface area contributed by atoms with E-state index in [0.717, 1.165) is 17.5 Å². The topological polar surface area (TPSA) is 73.6 Å². The van der Waals surface area contributed by atoms with Gasteiger partial charge in [-0.25, -0.2) is 0 Å². The van der Waals surface area contributed by atoms with E-state index in [1.807, 2.05) is 6.07 Å². The van der Waals surface area contributed by atoms with Crippen LogP contribution in [0.3, 0.4) is 0 Å². The molecule has 0 amide bonds. The van der Waals surface area contributed by atoms with Crippen LogP contribution in [0.25, 0.3) is 0 Å². The number of halogens is 1. The fourth-order valence-corrected chi connectivity index (χ4v) is 2.51. The molecule has 6 nitrogen and oxygen atoms in total. The molecule has 0 aliphatic rings. The van der Waals surface area contributed by atoms with Crippen molar-refractivity contribution in [3.63, 3.8) is 0 Å². The summed E-state index contributed by atoms with van der Waals surface area (Å²) in [6, 6.07) is 10.2. The van der Waals surface area contributed by atoms with Gasteiger partial charge in [-0.15, -0.1) is 0 Å². The van der Waals surface area contributed by atoms with Crippen LogP contribution in [-0.4, -0.2) is 18.1 Å². The monoisotopic (exact) mass is 378 g/mol. The van der Waals surface area contributed by atoms with Gasteiger partial charge in [0.1, 0.15) is 6.61 Å². The Bertz CT molecular complexity index is 750. The van der Waals surface area contributed by atoms with E-state index in [4.69, 9.17) is 21.1 Å². The van der Waals surface area contributed by atoms with E-state index in [-0.39, 0.29) is 12.3 Å². The maximum absolute atomic E-state index is 10.7. The lowest BCUT2D eigenvalue weighted by Gasteiger charge is -2.16. The molecule has 26 heavy (non-hydrogen) atoms. The maximum atomic E-state index is 10.7. The molecule has 0 spiro atoms. The first-order valence-corrected chi connectivity index (χ1v) is 8.78. The Morgan fingerprint density at radius 3 is 2.50 bits per heavy atom. The maximum Gasteiger partial charge on any atom is 0.269 e. The van der Waals surface area contributed by atoms with Crippen molar-refractivity contribution < 1.29 is 14.4 Å². The molecule has 2 rings (SSSR count). The third-order valence-electron chi connectivity index (χ3n) is 4.13. The Morgan fingerprint density at radius 1 is 1.23 bits per heavy atom. The minimum atomic E-state index is -0.431.